The molecule has 1 saturated carbocycles. The molecule has 1 fully saturated rings. The first-order valence-electron chi connectivity index (χ1n) is 9.25. The van der Waals surface area contributed by atoms with E-state index in [1.54, 1.807) is 31.2 Å². The first-order chi connectivity index (χ1) is 12.0. The van der Waals surface area contributed by atoms with Crippen molar-refractivity contribution in [3.05, 3.63) is 58.9 Å². The van der Waals surface area contributed by atoms with Crippen LogP contribution in [0.15, 0.2) is 30.3 Å². The molecule has 0 radical (unpaired) electrons. The van der Waals surface area contributed by atoms with Gasteiger partial charge in [0.1, 0.15) is 5.82 Å². The Bertz CT molecular complexity index is 746. The van der Waals surface area contributed by atoms with E-state index in [9.17, 15) is 13.2 Å². The van der Waals surface area contributed by atoms with Crippen LogP contribution in [0.5, 0.6) is 0 Å². The van der Waals surface area contributed by atoms with E-state index in [4.69, 9.17) is 0 Å². The fourth-order valence-electron chi connectivity index (χ4n) is 4.03. The minimum absolute atomic E-state index is 0. The predicted molar refractivity (Wildman–Crippen MR) is 98.6 cm³/mol. The fraction of sp³-hybridized carbons (Fsp3) is 0.455. The van der Waals surface area contributed by atoms with Crippen LogP contribution in [0.25, 0.3) is 11.1 Å². The van der Waals surface area contributed by atoms with Crippen LogP contribution in [-0.2, 0) is 0 Å². The summed E-state index contributed by atoms with van der Waals surface area (Å²) in [5.74, 6) is -1.22. The summed E-state index contributed by atoms with van der Waals surface area (Å²) in [5, 5.41) is 0. The molecular formula is C22H26F4. The lowest BCUT2D eigenvalue weighted by atomic mass is 9.77. The molecule has 0 nitrogen and oxygen atoms in total. The van der Waals surface area contributed by atoms with Gasteiger partial charge in [0.2, 0.25) is 0 Å². The van der Waals surface area contributed by atoms with Gasteiger partial charge in [-0.1, -0.05) is 44.0 Å². The molecule has 0 bridgehead atoms. The smallest absolute Gasteiger partial charge is 0.166 e. The van der Waals surface area contributed by atoms with Gasteiger partial charge in [-0.05, 0) is 67.2 Å². The van der Waals surface area contributed by atoms with Crippen LogP contribution in [0.4, 0.5) is 17.9 Å². The van der Waals surface area contributed by atoms with E-state index >= 15 is 0 Å². The normalized spacial score (nSPS) is 19.9. The van der Waals surface area contributed by atoms with Crippen LogP contribution in [0.1, 0.15) is 62.5 Å². The maximum Gasteiger partial charge on any atom is 0.166 e. The van der Waals surface area contributed by atoms with Crippen molar-refractivity contribution < 1.29 is 17.9 Å². The van der Waals surface area contributed by atoms with Crippen LogP contribution in [0.2, 0.25) is 0 Å². The lowest BCUT2D eigenvalue weighted by Crippen LogP contribution is -2.15. The van der Waals surface area contributed by atoms with E-state index in [1.165, 1.54) is 18.9 Å². The van der Waals surface area contributed by atoms with Crippen molar-refractivity contribution in [2.45, 2.75) is 58.3 Å². The third-order valence-corrected chi connectivity index (χ3v) is 5.58. The molecule has 0 saturated heterocycles. The fourth-order valence-corrected chi connectivity index (χ4v) is 4.03. The van der Waals surface area contributed by atoms with Crippen LogP contribution < -0.4 is 0 Å². The maximum absolute atomic E-state index is 14.7. The third kappa shape index (κ3) is 4.11. The highest BCUT2D eigenvalue weighted by atomic mass is 19.2. The average Bonchev–Trinajstić information content (AvgIpc) is 2.61. The molecule has 2 aromatic carbocycles. The largest absolute Gasteiger partial charge is 0.269 e. The second-order valence-corrected chi connectivity index (χ2v) is 7.30. The van der Waals surface area contributed by atoms with Gasteiger partial charge in [0.25, 0.3) is 0 Å². The Kier molecular flexibility index (Phi) is 6.85. The van der Waals surface area contributed by atoms with Crippen molar-refractivity contribution in [2.75, 3.05) is 0 Å². The minimum Gasteiger partial charge on any atom is -0.269 e. The second kappa shape index (κ2) is 8.70. The van der Waals surface area contributed by atoms with Crippen molar-refractivity contribution in [1.82, 2.24) is 0 Å². The molecule has 1 aliphatic rings. The summed E-state index contributed by atoms with van der Waals surface area (Å²) < 4.78 is 43.1. The topological polar surface area (TPSA) is 0 Å². The SMILES string of the molecule is CCCC1CCC(c2ccc(-c3ccc(C)c(F)c3)c(F)c2F)CC1.F. The van der Waals surface area contributed by atoms with Gasteiger partial charge in [0.15, 0.2) is 11.6 Å². The molecule has 0 atom stereocenters. The molecule has 0 heterocycles. The summed E-state index contributed by atoms with van der Waals surface area (Å²) in [4.78, 5) is 0. The first kappa shape index (κ1) is 20.5. The standard InChI is InChI=1S/C22H25F3.FH/c1-3-4-15-6-9-16(10-7-15)18-11-12-19(22(25)21(18)24)17-8-5-14(2)20(23)13-17;/h5,8,11-13,15-16H,3-4,6-7,9-10H2,1-2H3;1H. The van der Waals surface area contributed by atoms with Crippen molar-refractivity contribution in [2.24, 2.45) is 5.92 Å². The quantitative estimate of drug-likeness (QED) is 0.498. The zero-order valence-corrected chi connectivity index (χ0v) is 15.3. The molecule has 2 aromatic rings. The predicted octanol–water partition coefficient (Wildman–Crippen LogP) is 7.31. The second-order valence-electron chi connectivity index (χ2n) is 7.30. The molecular weight excluding hydrogens is 340 g/mol. The minimum atomic E-state index is -0.864. The number of aryl methyl sites for hydroxylation is 1. The Hall–Kier alpha value is -1.84. The highest BCUT2D eigenvalue weighted by Gasteiger charge is 2.26. The Balaban J connectivity index is 0.00000243. The lowest BCUT2D eigenvalue weighted by molar-refractivity contribution is 0.303. The van der Waals surface area contributed by atoms with E-state index in [1.807, 2.05) is 0 Å². The van der Waals surface area contributed by atoms with E-state index in [0.29, 0.717) is 16.7 Å². The summed E-state index contributed by atoms with van der Waals surface area (Å²) in [6, 6.07) is 7.77. The van der Waals surface area contributed by atoms with Gasteiger partial charge in [-0.2, -0.15) is 0 Å². The van der Waals surface area contributed by atoms with Crippen molar-refractivity contribution in [1.29, 1.82) is 0 Å². The first-order valence-corrected chi connectivity index (χ1v) is 9.25. The van der Waals surface area contributed by atoms with E-state index in [-0.39, 0.29) is 16.2 Å². The Morgan fingerprint density at radius 2 is 1.62 bits per heavy atom. The van der Waals surface area contributed by atoms with Crippen LogP contribution in [0, 0.1) is 30.3 Å². The molecule has 26 heavy (non-hydrogen) atoms. The van der Waals surface area contributed by atoms with Crippen molar-refractivity contribution in [3.63, 3.8) is 0 Å². The summed E-state index contributed by atoms with van der Waals surface area (Å²) in [7, 11) is 0. The number of hydrogen-bond donors (Lipinski definition) is 0. The Morgan fingerprint density at radius 3 is 2.23 bits per heavy atom. The van der Waals surface area contributed by atoms with Gasteiger partial charge < -0.3 is 0 Å². The molecule has 142 valence electrons. The number of hydrogen-bond acceptors (Lipinski definition) is 0. The maximum atomic E-state index is 14.7. The molecule has 0 spiro atoms. The third-order valence-electron chi connectivity index (χ3n) is 5.58. The van der Waals surface area contributed by atoms with E-state index < -0.39 is 17.5 Å². The highest BCUT2D eigenvalue weighted by molar-refractivity contribution is 5.65. The zero-order valence-electron chi connectivity index (χ0n) is 15.3. The summed E-state index contributed by atoms with van der Waals surface area (Å²) >= 11 is 0. The van der Waals surface area contributed by atoms with E-state index in [0.717, 1.165) is 31.6 Å². The highest BCUT2D eigenvalue weighted by Crippen LogP contribution is 2.40. The van der Waals surface area contributed by atoms with Gasteiger partial charge in [-0.3, -0.25) is 4.70 Å². The lowest BCUT2D eigenvalue weighted by Gasteiger charge is -2.29. The summed E-state index contributed by atoms with van der Waals surface area (Å²) in [5.41, 5.74) is 1.46. The summed E-state index contributed by atoms with van der Waals surface area (Å²) in [6.07, 6.45) is 6.41. The molecule has 4 heteroatoms. The van der Waals surface area contributed by atoms with Gasteiger partial charge in [0, 0.05) is 5.56 Å². The molecule has 0 aliphatic heterocycles. The van der Waals surface area contributed by atoms with Gasteiger partial charge in [-0.25, -0.2) is 13.2 Å². The van der Waals surface area contributed by atoms with Crippen molar-refractivity contribution in [3.8, 4) is 11.1 Å². The monoisotopic (exact) mass is 366 g/mol. The van der Waals surface area contributed by atoms with Crippen LogP contribution in [-0.4, -0.2) is 0 Å². The molecule has 1 aliphatic carbocycles. The number of benzene rings is 2. The zero-order chi connectivity index (χ0) is 18.0. The Morgan fingerprint density at radius 1 is 0.923 bits per heavy atom. The summed E-state index contributed by atoms with van der Waals surface area (Å²) in [6.45, 7) is 3.84. The molecule has 0 N–H and O–H groups in total. The molecule has 0 amide bonds. The van der Waals surface area contributed by atoms with Gasteiger partial charge >= 0.3 is 0 Å². The van der Waals surface area contributed by atoms with Crippen LogP contribution in [0.3, 0.4) is 0 Å². The number of halogens is 4. The van der Waals surface area contributed by atoms with Gasteiger partial charge in [-0.15, -0.1) is 0 Å². The Labute approximate surface area is 152 Å². The molecule has 0 aromatic heterocycles. The van der Waals surface area contributed by atoms with Crippen LogP contribution >= 0.6 is 0 Å². The number of rotatable bonds is 4. The van der Waals surface area contributed by atoms with E-state index in [2.05, 4.69) is 6.92 Å². The van der Waals surface area contributed by atoms with Gasteiger partial charge in [0.05, 0.1) is 0 Å². The molecule has 0 unspecified atom stereocenters. The van der Waals surface area contributed by atoms with Crippen molar-refractivity contribution >= 4 is 0 Å². The average molecular weight is 366 g/mol. The molecule has 3 rings (SSSR count).